The Hall–Kier alpha value is -0.570. The molecule has 100 valence electrons. The van der Waals surface area contributed by atoms with Crippen LogP contribution in [0, 0.1) is 5.92 Å². The lowest BCUT2D eigenvalue weighted by Crippen LogP contribution is -2.23. The van der Waals surface area contributed by atoms with Gasteiger partial charge in [-0.2, -0.15) is 0 Å². The average molecular weight is 242 g/mol. The standard InChI is InChI=1S/C14H26O3/c1-2-12-7-6-8-13(11-12)17-10-5-3-4-9-14(15)16/h12-13H,2-11H2,1H3,(H,15,16). The Morgan fingerprint density at radius 3 is 2.82 bits per heavy atom. The van der Waals surface area contributed by atoms with Gasteiger partial charge >= 0.3 is 5.97 Å². The van der Waals surface area contributed by atoms with Crippen molar-refractivity contribution in [3.63, 3.8) is 0 Å². The van der Waals surface area contributed by atoms with Gasteiger partial charge in [0.2, 0.25) is 0 Å². The Balaban J connectivity index is 1.97. The zero-order chi connectivity index (χ0) is 12.5. The van der Waals surface area contributed by atoms with E-state index >= 15 is 0 Å². The molecule has 1 aliphatic rings. The lowest BCUT2D eigenvalue weighted by molar-refractivity contribution is -0.137. The van der Waals surface area contributed by atoms with Crippen molar-refractivity contribution in [3.05, 3.63) is 0 Å². The van der Waals surface area contributed by atoms with Crippen molar-refractivity contribution in [2.75, 3.05) is 6.61 Å². The highest BCUT2D eigenvalue weighted by Crippen LogP contribution is 2.28. The Morgan fingerprint density at radius 2 is 2.12 bits per heavy atom. The van der Waals surface area contributed by atoms with Crippen molar-refractivity contribution in [1.82, 2.24) is 0 Å². The maximum absolute atomic E-state index is 10.3. The fourth-order valence-corrected chi connectivity index (χ4v) is 2.57. The van der Waals surface area contributed by atoms with Crippen LogP contribution >= 0.6 is 0 Å². The van der Waals surface area contributed by atoms with E-state index in [4.69, 9.17) is 9.84 Å². The second-order valence-electron chi connectivity index (χ2n) is 5.14. The van der Waals surface area contributed by atoms with Gasteiger partial charge in [0.1, 0.15) is 0 Å². The summed E-state index contributed by atoms with van der Waals surface area (Å²) in [5.41, 5.74) is 0. The minimum atomic E-state index is -0.691. The largest absolute Gasteiger partial charge is 0.481 e. The monoisotopic (exact) mass is 242 g/mol. The third-order valence-electron chi connectivity index (χ3n) is 3.70. The summed E-state index contributed by atoms with van der Waals surface area (Å²) in [5.74, 6) is 0.171. The fraction of sp³-hybridized carbons (Fsp3) is 0.929. The smallest absolute Gasteiger partial charge is 0.303 e. The number of hydrogen-bond donors (Lipinski definition) is 1. The summed E-state index contributed by atoms with van der Waals surface area (Å²) in [6, 6.07) is 0. The Kier molecular flexibility index (Phi) is 7.25. The SMILES string of the molecule is CCC1CCCC(OCCCCCC(=O)O)C1. The molecule has 0 bridgehead atoms. The molecule has 1 saturated carbocycles. The van der Waals surface area contributed by atoms with E-state index in [0.717, 1.165) is 31.8 Å². The Labute approximate surface area is 105 Å². The summed E-state index contributed by atoms with van der Waals surface area (Å²) in [4.78, 5) is 10.3. The number of unbranched alkanes of at least 4 members (excludes halogenated alkanes) is 2. The van der Waals surface area contributed by atoms with Crippen molar-refractivity contribution in [3.8, 4) is 0 Å². The molecule has 0 aromatic heterocycles. The Bertz CT molecular complexity index is 216. The molecule has 0 aliphatic heterocycles. The first-order valence-corrected chi connectivity index (χ1v) is 7.05. The number of aliphatic carboxylic acids is 1. The minimum absolute atomic E-state index is 0.293. The van der Waals surface area contributed by atoms with Gasteiger partial charge in [-0.3, -0.25) is 4.79 Å². The van der Waals surface area contributed by atoms with Gasteiger partial charge < -0.3 is 9.84 Å². The van der Waals surface area contributed by atoms with Gasteiger partial charge in [-0.15, -0.1) is 0 Å². The van der Waals surface area contributed by atoms with Gasteiger partial charge in [0.15, 0.2) is 0 Å². The van der Waals surface area contributed by atoms with E-state index < -0.39 is 5.97 Å². The van der Waals surface area contributed by atoms with E-state index in [2.05, 4.69) is 6.92 Å². The summed E-state index contributed by atoms with van der Waals surface area (Å²) >= 11 is 0. The molecule has 0 aromatic carbocycles. The van der Waals surface area contributed by atoms with Crippen LogP contribution in [0.1, 0.15) is 64.7 Å². The summed E-state index contributed by atoms with van der Waals surface area (Å²) in [5, 5.41) is 8.50. The van der Waals surface area contributed by atoms with E-state index in [1.54, 1.807) is 0 Å². The van der Waals surface area contributed by atoms with Crippen LogP contribution in [0.4, 0.5) is 0 Å². The number of carboxylic acid groups (broad SMARTS) is 1. The van der Waals surface area contributed by atoms with Crippen LogP contribution in [0.5, 0.6) is 0 Å². The molecule has 1 rings (SSSR count). The molecule has 0 aromatic rings. The van der Waals surface area contributed by atoms with Crippen LogP contribution in [-0.4, -0.2) is 23.8 Å². The van der Waals surface area contributed by atoms with Crippen LogP contribution in [0.2, 0.25) is 0 Å². The van der Waals surface area contributed by atoms with Crippen LogP contribution < -0.4 is 0 Å². The number of ether oxygens (including phenoxy) is 1. The number of hydrogen-bond acceptors (Lipinski definition) is 2. The van der Waals surface area contributed by atoms with Crippen molar-refractivity contribution < 1.29 is 14.6 Å². The molecular formula is C14H26O3. The number of carbonyl (C=O) groups is 1. The number of carboxylic acids is 1. The highest BCUT2D eigenvalue weighted by molar-refractivity contribution is 5.66. The van der Waals surface area contributed by atoms with Crippen molar-refractivity contribution in [2.24, 2.45) is 5.92 Å². The van der Waals surface area contributed by atoms with Gasteiger partial charge in [0, 0.05) is 13.0 Å². The minimum Gasteiger partial charge on any atom is -0.481 e. The van der Waals surface area contributed by atoms with E-state index in [1.807, 2.05) is 0 Å². The topological polar surface area (TPSA) is 46.5 Å². The maximum Gasteiger partial charge on any atom is 0.303 e. The second kappa shape index (κ2) is 8.51. The van der Waals surface area contributed by atoms with E-state index in [1.165, 1.54) is 32.1 Å². The number of rotatable bonds is 8. The molecular weight excluding hydrogens is 216 g/mol. The molecule has 3 nitrogen and oxygen atoms in total. The normalized spacial score (nSPS) is 24.8. The van der Waals surface area contributed by atoms with E-state index in [9.17, 15) is 4.79 Å². The van der Waals surface area contributed by atoms with Crippen LogP contribution in [0.3, 0.4) is 0 Å². The van der Waals surface area contributed by atoms with Crippen molar-refractivity contribution in [2.45, 2.75) is 70.8 Å². The molecule has 2 atom stereocenters. The predicted molar refractivity (Wildman–Crippen MR) is 68.1 cm³/mol. The van der Waals surface area contributed by atoms with Gasteiger partial charge in [-0.1, -0.05) is 32.6 Å². The quantitative estimate of drug-likeness (QED) is 0.661. The molecule has 0 amide bonds. The molecule has 0 radical (unpaired) electrons. The summed E-state index contributed by atoms with van der Waals surface area (Å²) in [6.45, 7) is 3.07. The first-order chi connectivity index (χ1) is 8.22. The zero-order valence-corrected chi connectivity index (χ0v) is 11.0. The maximum atomic E-state index is 10.3. The third kappa shape index (κ3) is 6.67. The lowest BCUT2D eigenvalue weighted by atomic mass is 9.85. The fourth-order valence-electron chi connectivity index (χ4n) is 2.57. The first-order valence-electron chi connectivity index (χ1n) is 7.05. The van der Waals surface area contributed by atoms with Gasteiger partial charge in [0.05, 0.1) is 6.10 Å². The first kappa shape index (κ1) is 14.5. The van der Waals surface area contributed by atoms with Gasteiger partial charge in [0.25, 0.3) is 0 Å². The summed E-state index contributed by atoms with van der Waals surface area (Å²) in [7, 11) is 0. The highest BCUT2D eigenvalue weighted by atomic mass is 16.5. The summed E-state index contributed by atoms with van der Waals surface area (Å²) < 4.78 is 5.87. The average Bonchev–Trinajstić information content (AvgIpc) is 2.33. The molecule has 2 unspecified atom stereocenters. The Morgan fingerprint density at radius 1 is 1.29 bits per heavy atom. The second-order valence-corrected chi connectivity index (χ2v) is 5.14. The third-order valence-corrected chi connectivity index (χ3v) is 3.70. The van der Waals surface area contributed by atoms with Crippen molar-refractivity contribution >= 4 is 5.97 Å². The molecule has 17 heavy (non-hydrogen) atoms. The molecule has 0 saturated heterocycles. The molecule has 1 aliphatic carbocycles. The lowest BCUT2D eigenvalue weighted by Gasteiger charge is -2.28. The van der Waals surface area contributed by atoms with Gasteiger partial charge in [-0.25, -0.2) is 0 Å². The predicted octanol–water partition coefficient (Wildman–Crippen LogP) is 3.62. The zero-order valence-electron chi connectivity index (χ0n) is 11.0. The molecule has 0 spiro atoms. The summed E-state index contributed by atoms with van der Waals surface area (Å²) in [6.07, 6.45) is 9.90. The molecule has 3 heteroatoms. The van der Waals surface area contributed by atoms with Crippen LogP contribution in [0.15, 0.2) is 0 Å². The van der Waals surface area contributed by atoms with Crippen LogP contribution in [0.25, 0.3) is 0 Å². The van der Waals surface area contributed by atoms with E-state index in [0.29, 0.717) is 12.5 Å². The highest BCUT2D eigenvalue weighted by Gasteiger charge is 2.20. The van der Waals surface area contributed by atoms with Crippen LogP contribution in [-0.2, 0) is 9.53 Å². The molecule has 0 heterocycles. The molecule has 1 fully saturated rings. The van der Waals surface area contributed by atoms with E-state index in [-0.39, 0.29) is 0 Å². The van der Waals surface area contributed by atoms with Gasteiger partial charge in [-0.05, 0) is 31.6 Å². The molecule has 1 N–H and O–H groups in total. The van der Waals surface area contributed by atoms with Crippen molar-refractivity contribution in [1.29, 1.82) is 0 Å².